The first-order chi connectivity index (χ1) is 15.7. The number of para-hydroxylation sites is 2. The molecule has 0 aliphatic carbocycles. The number of benzene rings is 3. The summed E-state index contributed by atoms with van der Waals surface area (Å²) >= 11 is 0. The lowest BCUT2D eigenvalue weighted by atomic mass is 10.0. The van der Waals surface area contributed by atoms with Crippen molar-refractivity contribution in [3.05, 3.63) is 108 Å². The molecule has 5 nitrogen and oxygen atoms in total. The Labute approximate surface area is 184 Å². The zero-order valence-electron chi connectivity index (χ0n) is 17.1. The number of aromatic amines is 2. The van der Waals surface area contributed by atoms with Crippen molar-refractivity contribution in [3.8, 4) is 0 Å². The monoisotopic (exact) mass is 417 g/mol. The Morgan fingerprint density at radius 1 is 0.594 bits per heavy atom. The maximum atomic E-state index is 13.6. The molecule has 5 heteroatoms. The summed E-state index contributed by atoms with van der Waals surface area (Å²) in [5.74, 6) is -0.585. The molecule has 0 saturated heterocycles. The molecular formula is C27H19N3O2. The predicted molar refractivity (Wildman–Crippen MR) is 125 cm³/mol. The van der Waals surface area contributed by atoms with Gasteiger partial charge in [-0.05, 0) is 29.8 Å². The van der Waals surface area contributed by atoms with Crippen LogP contribution in [0.15, 0.2) is 91.0 Å². The molecule has 5 aromatic rings. The zero-order chi connectivity index (χ0) is 21.7. The number of carbonyl (C=O) groups excluding carboxylic acids is 2. The Morgan fingerprint density at radius 2 is 1.06 bits per heavy atom. The Morgan fingerprint density at radius 3 is 1.56 bits per heavy atom. The van der Waals surface area contributed by atoms with Gasteiger partial charge in [0.05, 0.1) is 29.1 Å². The topological polar surface area (TPSA) is 69.0 Å². The molecule has 3 heterocycles. The molecule has 154 valence electrons. The third-order valence-corrected chi connectivity index (χ3v) is 5.95. The second kappa shape index (κ2) is 7.10. The van der Waals surface area contributed by atoms with Crippen LogP contribution in [0.25, 0.3) is 33.0 Å². The molecule has 6 rings (SSSR count). The van der Waals surface area contributed by atoms with E-state index in [0.717, 1.165) is 27.4 Å². The number of imide groups is 1. The molecule has 3 aromatic carbocycles. The van der Waals surface area contributed by atoms with Gasteiger partial charge in [-0.1, -0.05) is 66.7 Å². The van der Waals surface area contributed by atoms with Crippen LogP contribution in [0.5, 0.6) is 0 Å². The van der Waals surface area contributed by atoms with Gasteiger partial charge in [0, 0.05) is 21.8 Å². The minimum Gasteiger partial charge on any atom is -0.354 e. The first-order valence-electron chi connectivity index (χ1n) is 10.5. The van der Waals surface area contributed by atoms with Crippen LogP contribution in [0.3, 0.4) is 0 Å². The molecule has 0 atom stereocenters. The van der Waals surface area contributed by atoms with Crippen molar-refractivity contribution in [2.75, 3.05) is 0 Å². The lowest BCUT2D eigenvalue weighted by Gasteiger charge is -2.15. The average Bonchev–Trinajstić information content (AvgIpc) is 3.49. The molecule has 0 radical (unpaired) electrons. The van der Waals surface area contributed by atoms with Crippen LogP contribution < -0.4 is 0 Å². The quantitative estimate of drug-likeness (QED) is 0.398. The van der Waals surface area contributed by atoms with Crippen molar-refractivity contribution in [2.45, 2.75) is 6.54 Å². The minimum absolute atomic E-state index is 0.228. The molecule has 2 N–H and O–H groups in total. The van der Waals surface area contributed by atoms with Gasteiger partial charge in [-0.2, -0.15) is 0 Å². The van der Waals surface area contributed by atoms with Gasteiger partial charge in [-0.15, -0.1) is 0 Å². The summed E-state index contributed by atoms with van der Waals surface area (Å²) in [4.78, 5) is 35.2. The highest BCUT2D eigenvalue weighted by atomic mass is 16.2. The van der Waals surface area contributed by atoms with Crippen molar-refractivity contribution in [1.29, 1.82) is 0 Å². The Hall–Kier alpha value is -4.38. The van der Waals surface area contributed by atoms with Crippen molar-refractivity contribution < 1.29 is 9.59 Å². The van der Waals surface area contributed by atoms with E-state index in [4.69, 9.17) is 0 Å². The van der Waals surface area contributed by atoms with Gasteiger partial charge in [-0.25, -0.2) is 0 Å². The Bertz CT molecular complexity index is 1380. The van der Waals surface area contributed by atoms with E-state index in [1.807, 2.05) is 91.0 Å². The van der Waals surface area contributed by atoms with Crippen LogP contribution in [0.2, 0.25) is 0 Å². The molecule has 0 unspecified atom stereocenters. The summed E-state index contributed by atoms with van der Waals surface area (Å²) in [5.41, 5.74) is 4.84. The summed E-state index contributed by atoms with van der Waals surface area (Å²) in [5, 5.41) is 1.99. The number of rotatable bonds is 4. The first kappa shape index (κ1) is 18.4. The maximum absolute atomic E-state index is 13.6. The molecule has 32 heavy (non-hydrogen) atoms. The molecule has 0 saturated carbocycles. The molecule has 0 fully saturated rings. The van der Waals surface area contributed by atoms with E-state index in [9.17, 15) is 9.59 Å². The van der Waals surface area contributed by atoms with Crippen LogP contribution >= 0.6 is 0 Å². The number of fused-ring (bicyclic) bond motifs is 2. The number of H-pyrrole nitrogens is 2. The molecule has 1 aliphatic heterocycles. The van der Waals surface area contributed by atoms with Gasteiger partial charge in [0.15, 0.2) is 0 Å². The number of hydrogen-bond acceptors (Lipinski definition) is 2. The molecule has 0 spiro atoms. The van der Waals surface area contributed by atoms with Gasteiger partial charge in [0.1, 0.15) is 0 Å². The molecule has 2 aromatic heterocycles. The summed E-state index contributed by atoms with van der Waals surface area (Å²) in [6.45, 7) is 0.228. The highest BCUT2D eigenvalue weighted by Crippen LogP contribution is 2.37. The van der Waals surface area contributed by atoms with Gasteiger partial charge in [0.25, 0.3) is 11.8 Å². The molecule has 2 amide bonds. The van der Waals surface area contributed by atoms with E-state index in [1.54, 1.807) is 0 Å². The SMILES string of the molecule is O=C1C(c2cc3ccccc3[nH]2)=C(c2cc3ccccc3[nH]2)C(=O)N1Cc1ccccc1. The predicted octanol–water partition coefficient (Wildman–Crippen LogP) is 5.13. The smallest absolute Gasteiger partial charge is 0.264 e. The summed E-state index contributed by atoms with van der Waals surface area (Å²) in [6, 6.07) is 29.1. The number of nitrogens with one attached hydrogen (secondary N) is 2. The van der Waals surface area contributed by atoms with E-state index in [2.05, 4.69) is 9.97 Å². The largest absolute Gasteiger partial charge is 0.354 e. The lowest BCUT2D eigenvalue weighted by Crippen LogP contribution is -2.31. The van der Waals surface area contributed by atoms with Crippen LogP contribution in [-0.4, -0.2) is 26.7 Å². The summed E-state index contributed by atoms with van der Waals surface area (Å²) in [6.07, 6.45) is 0. The van der Waals surface area contributed by atoms with Gasteiger partial charge in [0.2, 0.25) is 0 Å². The fourth-order valence-electron chi connectivity index (χ4n) is 4.40. The van der Waals surface area contributed by atoms with Gasteiger partial charge >= 0.3 is 0 Å². The normalized spacial score (nSPS) is 14.3. The number of aromatic nitrogens is 2. The number of amides is 2. The van der Waals surface area contributed by atoms with Crippen LogP contribution in [0, 0.1) is 0 Å². The van der Waals surface area contributed by atoms with Crippen LogP contribution in [-0.2, 0) is 16.1 Å². The number of hydrogen-bond donors (Lipinski definition) is 2. The third kappa shape index (κ3) is 2.87. The average molecular weight is 417 g/mol. The van der Waals surface area contributed by atoms with Crippen LogP contribution in [0.1, 0.15) is 17.0 Å². The lowest BCUT2D eigenvalue weighted by molar-refractivity contribution is -0.136. The van der Waals surface area contributed by atoms with E-state index >= 15 is 0 Å². The van der Waals surface area contributed by atoms with Crippen molar-refractivity contribution in [1.82, 2.24) is 14.9 Å². The second-order valence-electron chi connectivity index (χ2n) is 7.97. The van der Waals surface area contributed by atoms with Gasteiger partial charge < -0.3 is 9.97 Å². The molecule has 1 aliphatic rings. The maximum Gasteiger partial charge on any atom is 0.264 e. The van der Waals surface area contributed by atoms with E-state index in [-0.39, 0.29) is 18.4 Å². The fourth-order valence-corrected chi connectivity index (χ4v) is 4.40. The fraction of sp³-hybridized carbons (Fsp3) is 0.0370. The standard InChI is InChI=1S/C27H19N3O2/c31-26-24(22-14-18-10-4-6-12-20(18)28-22)25(23-15-19-11-5-7-13-21(19)29-23)27(32)30(26)16-17-8-2-1-3-9-17/h1-15,28-29H,16H2. The summed E-state index contributed by atoms with van der Waals surface area (Å²) < 4.78 is 0. The van der Waals surface area contributed by atoms with E-state index in [0.29, 0.717) is 22.5 Å². The van der Waals surface area contributed by atoms with E-state index in [1.165, 1.54) is 4.90 Å². The van der Waals surface area contributed by atoms with Crippen molar-refractivity contribution in [3.63, 3.8) is 0 Å². The van der Waals surface area contributed by atoms with Crippen molar-refractivity contribution in [2.24, 2.45) is 0 Å². The summed E-state index contributed by atoms with van der Waals surface area (Å²) in [7, 11) is 0. The second-order valence-corrected chi connectivity index (χ2v) is 7.97. The third-order valence-electron chi connectivity index (χ3n) is 5.95. The highest BCUT2D eigenvalue weighted by Gasteiger charge is 2.40. The first-order valence-corrected chi connectivity index (χ1v) is 10.5. The Balaban J connectivity index is 1.53. The molecule has 0 bridgehead atoms. The Kier molecular flexibility index (Phi) is 4.08. The number of nitrogens with zero attached hydrogens (tertiary/aromatic N) is 1. The van der Waals surface area contributed by atoms with E-state index < -0.39 is 0 Å². The minimum atomic E-state index is -0.293. The zero-order valence-corrected chi connectivity index (χ0v) is 17.1. The number of carbonyl (C=O) groups is 2. The van der Waals surface area contributed by atoms with Gasteiger partial charge in [-0.3, -0.25) is 14.5 Å². The van der Waals surface area contributed by atoms with Crippen molar-refractivity contribution >= 4 is 44.8 Å². The highest BCUT2D eigenvalue weighted by molar-refractivity contribution is 6.48. The molecular weight excluding hydrogens is 398 g/mol. The van der Waals surface area contributed by atoms with Crippen LogP contribution in [0.4, 0.5) is 0 Å².